The summed E-state index contributed by atoms with van der Waals surface area (Å²) in [4.78, 5) is 11.0. The second-order valence-electron chi connectivity index (χ2n) is 4.63. The lowest BCUT2D eigenvalue weighted by Gasteiger charge is -2.11. The van der Waals surface area contributed by atoms with E-state index in [2.05, 4.69) is 19.1 Å². The predicted octanol–water partition coefficient (Wildman–Crippen LogP) is 3.53. The minimum Gasteiger partial charge on any atom is -0.493 e. The van der Waals surface area contributed by atoms with E-state index in [1.807, 2.05) is 12.1 Å². The molecular weight excluding hydrogens is 268 g/mol. The summed E-state index contributed by atoms with van der Waals surface area (Å²) < 4.78 is 10.9. The summed E-state index contributed by atoms with van der Waals surface area (Å²) in [5.74, 6) is -0.0445. The summed E-state index contributed by atoms with van der Waals surface area (Å²) >= 11 is 0. The summed E-state index contributed by atoms with van der Waals surface area (Å²) in [6.07, 6.45) is 0.996. The lowest BCUT2D eigenvalue weighted by atomic mass is 10.1. The topological polar surface area (TPSA) is 55.8 Å². The van der Waals surface area contributed by atoms with Gasteiger partial charge in [-0.15, -0.1) is 0 Å². The van der Waals surface area contributed by atoms with Gasteiger partial charge < -0.3 is 14.6 Å². The van der Waals surface area contributed by atoms with Crippen LogP contribution in [-0.2, 0) is 13.0 Å². The molecule has 0 bridgehead atoms. The molecule has 0 aliphatic rings. The molecule has 0 aliphatic carbocycles. The molecule has 110 valence electrons. The lowest BCUT2D eigenvalue weighted by Crippen LogP contribution is -2.01. The minimum absolute atomic E-state index is 0.173. The maximum absolute atomic E-state index is 11.0. The van der Waals surface area contributed by atoms with Crippen LogP contribution in [0.2, 0.25) is 0 Å². The van der Waals surface area contributed by atoms with Crippen molar-refractivity contribution in [3.05, 3.63) is 59.2 Å². The van der Waals surface area contributed by atoms with E-state index in [1.54, 1.807) is 6.07 Å². The number of ether oxygens (including phenoxy) is 2. The van der Waals surface area contributed by atoms with E-state index < -0.39 is 5.97 Å². The van der Waals surface area contributed by atoms with Gasteiger partial charge in [0.25, 0.3) is 0 Å². The molecular formula is C17H18O4. The summed E-state index contributed by atoms with van der Waals surface area (Å²) in [6.45, 7) is 2.47. The van der Waals surface area contributed by atoms with Gasteiger partial charge in [-0.1, -0.05) is 31.2 Å². The van der Waals surface area contributed by atoms with Crippen molar-refractivity contribution in [2.45, 2.75) is 20.0 Å². The fourth-order valence-electron chi connectivity index (χ4n) is 1.95. The number of rotatable bonds is 6. The maximum Gasteiger partial charge on any atom is 0.335 e. The largest absolute Gasteiger partial charge is 0.493 e. The highest BCUT2D eigenvalue weighted by atomic mass is 16.5. The van der Waals surface area contributed by atoms with Crippen LogP contribution >= 0.6 is 0 Å². The molecule has 0 amide bonds. The molecule has 0 unspecified atom stereocenters. The molecule has 4 nitrogen and oxygen atoms in total. The van der Waals surface area contributed by atoms with E-state index in [-0.39, 0.29) is 5.56 Å². The van der Waals surface area contributed by atoms with Gasteiger partial charge in [0.15, 0.2) is 11.5 Å². The van der Waals surface area contributed by atoms with Gasteiger partial charge in [0.2, 0.25) is 0 Å². The van der Waals surface area contributed by atoms with E-state index in [4.69, 9.17) is 14.6 Å². The molecule has 0 aromatic heterocycles. The van der Waals surface area contributed by atoms with Crippen LogP contribution in [0.1, 0.15) is 28.4 Å². The molecule has 0 atom stereocenters. The number of carboxylic acid groups (broad SMARTS) is 1. The SMILES string of the molecule is CCc1ccc(COc2cc(C(=O)O)ccc2OC)cc1. The molecule has 4 heteroatoms. The van der Waals surface area contributed by atoms with E-state index >= 15 is 0 Å². The number of aromatic carboxylic acids is 1. The van der Waals surface area contributed by atoms with Crippen LogP contribution in [0.25, 0.3) is 0 Å². The quantitative estimate of drug-likeness (QED) is 0.882. The summed E-state index contributed by atoms with van der Waals surface area (Å²) in [7, 11) is 1.53. The number of methoxy groups -OCH3 is 1. The van der Waals surface area contributed by atoms with E-state index in [1.165, 1.54) is 24.8 Å². The highest BCUT2D eigenvalue weighted by Gasteiger charge is 2.10. The third-order valence-electron chi connectivity index (χ3n) is 3.24. The molecule has 2 aromatic carbocycles. The Balaban J connectivity index is 2.13. The first-order valence-electron chi connectivity index (χ1n) is 6.76. The Morgan fingerprint density at radius 3 is 2.29 bits per heavy atom. The Bertz CT molecular complexity index is 617. The van der Waals surface area contributed by atoms with Gasteiger partial charge in [0, 0.05) is 0 Å². The van der Waals surface area contributed by atoms with E-state index in [0.717, 1.165) is 12.0 Å². The lowest BCUT2D eigenvalue weighted by molar-refractivity contribution is 0.0696. The normalized spacial score (nSPS) is 10.2. The highest BCUT2D eigenvalue weighted by Crippen LogP contribution is 2.28. The van der Waals surface area contributed by atoms with Crippen LogP contribution in [0.4, 0.5) is 0 Å². The molecule has 0 fully saturated rings. The molecule has 0 saturated heterocycles. The molecule has 0 saturated carbocycles. The molecule has 1 N–H and O–H groups in total. The van der Waals surface area contributed by atoms with E-state index in [0.29, 0.717) is 18.1 Å². The molecule has 0 radical (unpaired) electrons. The number of carbonyl (C=O) groups is 1. The van der Waals surface area contributed by atoms with Crippen LogP contribution < -0.4 is 9.47 Å². The van der Waals surface area contributed by atoms with Gasteiger partial charge >= 0.3 is 5.97 Å². The van der Waals surface area contributed by atoms with Gasteiger partial charge in [-0.25, -0.2) is 4.79 Å². The molecule has 0 aliphatic heterocycles. The second kappa shape index (κ2) is 6.79. The molecule has 0 heterocycles. The first-order valence-corrected chi connectivity index (χ1v) is 6.76. The van der Waals surface area contributed by atoms with Crippen molar-refractivity contribution in [2.24, 2.45) is 0 Å². The predicted molar refractivity (Wildman–Crippen MR) is 80.1 cm³/mol. The Morgan fingerprint density at radius 2 is 1.71 bits per heavy atom. The number of hydrogen-bond donors (Lipinski definition) is 1. The van der Waals surface area contributed by atoms with Gasteiger partial charge in [-0.2, -0.15) is 0 Å². The third kappa shape index (κ3) is 3.75. The fraction of sp³-hybridized carbons (Fsp3) is 0.235. The van der Waals surface area contributed by atoms with Crippen LogP contribution in [0.15, 0.2) is 42.5 Å². The highest BCUT2D eigenvalue weighted by molar-refractivity contribution is 5.88. The Hall–Kier alpha value is -2.49. The first kappa shape index (κ1) is 14.9. The second-order valence-corrected chi connectivity index (χ2v) is 4.63. The summed E-state index contributed by atoms with van der Waals surface area (Å²) in [5, 5.41) is 9.02. The molecule has 0 spiro atoms. The monoisotopic (exact) mass is 286 g/mol. The van der Waals surface area contributed by atoms with Crippen molar-refractivity contribution in [1.82, 2.24) is 0 Å². The van der Waals surface area contributed by atoms with Crippen molar-refractivity contribution in [3.63, 3.8) is 0 Å². The average Bonchev–Trinajstić information content (AvgIpc) is 2.53. The maximum atomic E-state index is 11.0. The molecule has 2 rings (SSSR count). The zero-order valence-corrected chi connectivity index (χ0v) is 12.1. The molecule has 21 heavy (non-hydrogen) atoms. The number of benzene rings is 2. The molecule has 2 aromatic rings. The van der Waals surface area contributed by atoms with Crippen LogP contribution in [0.3, 0.4) is 0 Å². The number of carboxylic acids is 1. The minimum atomic E-state index is -0.991. The van der Waals surface area contributed by atoms with Crippen molar-refractivity contribution in [3.8, 4) is 11.5 Å². The first-order chi connectivity index (χ1) is 10.1. The number of aryl methyl sites for hydroxylation is 1. The summed E-state index contributed by atoms with van der Waals surface area (Å²) in [5.41, 5.74) is 2.46. The van der Waals surface area contributed by atoms with Crippen molar-refractivity contribution < 1.29 is 19.4 Å². The zero-order valence-electron chi connectivity index (χ0n) is 12.1. The van der Waals surface area contributed by atoms with Gasteiger partial charge in [0.05, 0.1) is 12.7 Å². The van der Waals surface area contributed by atoms with Crippen LogP contribution in [0, 0.1) is 0 Å². The fourth-order valence-corrected chi connectivity index (χ4v) is 1.95. The van der Waals surface area contributed by atoms with E-state index in [9.17, 15) is 4.79 Å². The van der Waals surface area contributed by atoms with Crippen LogP contribution in [0.5, 0.6) is 11.5 Å². The van der Waals surface area contributed by atoms with Gasteiger partial charge in [0.1, 0.15) is 6.61 Å². The Labute approximate surface area is 123 Å². The third-order valence-corrected chi connectivity index (χ3v) is 3.24. The Morgan fingerprint density at radius 1 is 1.05 bits per heavy atom. The standard InChI is InChI=1S/C17H18O4/c1-3-12-4-6-13(7-5-12)11-21-16-10-14(17(18)19)8-9-15(16)20-2/h4-10H,3,11H2,1-2H3,(H,18,19). The number of hydrogen-bond acceptors (Lipinski definition) is 3. The van der Waals surface area contributed by atoms with Gasteiger partial charge in [-0.3, -0.25) is 0 Å². The van der Waals surface area contributed by atoms with Crippen molar-refractivity contribution in [2.75, 3.05) is 7.11 Å². The van der Waals surface area contributed by atoms with Crippen LogP contribution in [-0.4, -0.2) is 18.2 Å². The Kier molecular flexibility index (Phi) is 4.82. The van der Waals surface area contributed by atoms with Crippen molar-refractivity contribution >= 4 is 5.97 Å². The summed E-state index contributed by atoms with van der Waals surface area (Å²) in [6, 6.07) is 12.7. The smallest absolute Gasteiger partial charge is 0.335 e. The zero-order chi connectivity index (χ0) is 15.2. The van der Waals surface area contributed by atoms with Gasteiger partial charge in [-0.05, 0) is 35.7 Å². The van der Waals surface area contributed by atoms with Crippen molar-refractivity contribution in [1.29, 1.82) is 0 Å². The average molecular weight is 286 g/mol.